The number of hydrogen-bond donors (Lipinski definition) is 2. The minimum Gasteiger partial charge on any atom is -0.446 e. The van der Waals surface area contributed by atoms with E-state index in [0.29, 0.717) is 11.1 Å². The Balaban J connectivity index is 2.71. The molecule has 0 bridgehead atoms. The van der Waals surface area contributed by atoms with Crippen LogP contribution in [0.4, 0.5) is 0 Å². The van der Waals surface area contributed by atoms with E-state index >= 15 is 0 Å². The van der Waals surface area contributed by atoms with Gasteiger partial charge in [-0.1, -0.05) is 18.2 Å². The molecule has 0 saturated carbocycles. The normalized spacial score (nSPS) is 27.0. The van der Waals surface area contributed by atoms with E-state index in [-0.39, 0.29) is 0 Å². The molecule has 19 heavy (non-hydrogen) atoms. The summed E-state index contributed by atoms with van der Waals surface area (Å²) in [6.07, 6.45) is 2.65. The van der Waals surface area contributed by atoms with Crippen molar-refractivity contribution in [3.05, 3.63) is 58.4 Å². The molecule has 1 fully saturated rings. The highest BCUT2D eigenvalue weighted by Gasteiger charge is 2.47. The summed E-state index contributed by atoms with van der Waals surface area (Å²) in [6.45, 7) is 5.81. The first-order valence-corrected chi connectivity index (χ1v) is 6.10. The van der Waals surface area contributed by atoms with Crippen LogP contribution in [0.5, 0.6) is 0 Å². The molecule has 0 aliphatic carbocycles. The summed E-state index contributed by atoms with van der Waals surface area (Å²) in [5.74, 6) is -0.440. The van der Waals surface area contributed by atoms with E-state index in [1.807, 2.05) is 39.0 Å². The van der Waals surface area contributed by atoms with E-state index < -0.39 is 11.6 Å². The summed E-state index contributed by atoms with van der Waals surface area (Å²) in [7, 11) is 0. The quantitative estimate of drug-likeness (QED) is 0.594. The van der Waals surface area contributed by atoms with Crippen molar-refractivity contribution in [3.8, 4) is 0 Å². The summed E-state index contributed by atoms with van der Waals surface area (Å²) >= 11 is 0. The zero-order valence-electron chi connectivity index (χ0n) is 11.4. The van der Waals surface area contributed by atoms with Gasteiger partial charge >= 0.3 is 5.97 Å². The lowest BCUT2D eigenvalue weighted by Crippen LogP contribution is -2.26. The molecular formula is C15H18N2O2. The minimum absolute atomic E-state index is 0.327. The maximum atomic E-state index is 11.9. The number of benzene rings is 1. The van der Waals surface area contributed by atoms with Crippen LogP contribution in [0.15, 0.2) is 41.7 Å². The molecule has 1 saturated heterocycles. The average molecular weight is 258 g/mol. The van der Waals surface area contributed by atoms with Crippen molar-refractivity contribution in [3.63, 3.8) is 0 Å². The van der Waals surface area contributed by atoms with E-state index in [9.17, 15) is 4.79 Å². The molecule has 1 aliphatic heterocycles. The van der Waals surface area contributed by atoms with E-state index in [0.717, 1.165) is 16.7 Å². The Labute approximate surface area is 112 Å². The first-order chi connectivity index (χ1) is 8.95. The van der Waals surface area contributed by atoms with Gasteiger partial charge in [0.05, 0.1) is 5.57 Å². The van der Waals surface area contributed by atoms with E-state index in [4.69, 9.17) is 16.2 Å². The number of nitrogens with two attached hydrogens (primary N) is 2. The maximum Gasteiger partial charge on any atom is 0.341 e. The highest BCUT2D eigenvalue weighted by molar-refractivity contribution is 5.98. The summed E-state index contributed by atoms with van der Waals surface area (Å²) in [4.78, 5) is 11.9. The molecule has 1 atom stereocenters. The first kappa shape index (κ1) is 13.2. The van der Waals surface area contributed by atoms with E-state index in [2.05, 4.69) is 0 Å². The van der Waals surface area contributed by atoms with Gasteiger partial charge in [0.2, 0.25) is 0 Å². The molecule has 4 nitrogen and oxygen atoms in total. The predicted molar refractivity (Wildman–Crippen MR) is 73.9 cm³/mol. The second-order valence-electron chi connectivity index (χ2n) is 4.85. The molecule has 1 aromatic carbocycles. The van der Waals surface area contributed by atoms with Gasteiger partial charge in [-0.05, 0) is 31.9 Å². The van der Waals surface area contributed by atoms with Crippen molar-refractivity contribution in [2.24, 2.45) is 11.5 Å². The second-order valence-corrected chi connectivity index (χ2v) is 4.85. The van der Waals surface area contributed by atoms with Gasteiger partial charge in [0.15, 0.2) is 5.60 Å². The van der Waals surface area contributed by atoms with Gasteiger partial charge in [0.1, 0.15) is 0 Å². The fourth-order valence-corrected chi connectivity index (χ4v) is 2.82. The Bertz CT molecular complexity index is 582. The minimum atomic E-state index is -0.882. The van der Waals surface area contributed by atoms with Crippen LogP contribution in [0.2, 0.25) is 0 Å². The molecule has 4 heteroatoms. The molecule has 0 spiro atoms. The molecule has 1 unspecified atom stereocenters. The Morgan fingerprint density at radius 3 is 2.21 bits per heavy atom. The Morgan fingerprint density at radius 2 is 1.74 bits per heavy atom. The molecular weight excluding hydrogens is 240 g/mol. The van der Waals surface area contributed by atoms with Crippen LogP contribution < -0.4 is 11.5 Å². The van der Waals surface area contributed by atoms with Crippen LogP contribution in [0.25, 0.3) is 0 Å². The smallest absolute Gasteiger partial charge is 0.341 e. The number of hydrogen-bond acceptors (Lipinski definition) is 4. The molecule has 2 rings (SSSR count). The molecule has 1 heterocycles. The van der Waals surface area contributed by atoms with Gasteiger partial charge < -0.3 is 16.2 Å². The van der Waals surface area contributed by atoms with Gasteiger partial charge in [0, 0.05) is 23.5 Å². The van der Waals surface area contributed by atoms with Crippen LogP contribution in [0.1, 0.15) is 23.6 Å². The van der Waals surface area contributed by atoms with Crippen LogP contribution in [0.3, 0.4) is 0 Å². The first-order valence-electron chi connectivity index (χ1n) is 6.10. The molecule has 100 valence electrons. The number of carbonyl (C=O) groups is 1. The highest BCUT2D eigenvalue weighted by atomic mass is 16.6. The monoisotopic (exact) mass is 258 g/mol. The summed E-state index contributed by atoms with van der Waals surface area (Å²) in [5.41, 5.74) is 14.3. The number of ether oxygens (including phenoxy) is 1. The average Bonchev–Trinajstić information content (AvgIpc) is 2.59. The van der Waals surface area contributed by atoms with Crippen molar-refractivity contribution < 1.29 is 9.53 Å². The number of cyclic esters (lactones) is 1. The van der Waals surface area contributed by atoms with Crippen molar-refractivity contribution in [1.29, 1.82) is 0 Å². The zero-order valence-corrected chi connectivity index (χ0v) is 11.4. The number of aryl methyl sites for hydroxylation is 2. The number of carbonyl (C=O) groups excluding carboxylic acids is 1. The summed E-state index contributed by atoms with van der Waals surface area (Å²) < 4.78 is 5.57. The van der Waals surface area contributed by atoms with Crippen LogP contribution in [0, 0.1) is 13.8 Å². The highest BCUT2D eigenvalue weighted by Crippen LogP contribution is 2.45. The molecule has 4 N–H and O–H groups in total. The van der Waals surface area contributed by atoms with Crippen LogP contribution in [-0.2, 0) is 15.1 Å². The SMILES string of the molecule is Cc1cccc(C)c1C1(C)OC(=O)C(=C/N)/C1=C\N. The van der Waals surface area contributed by atoms with Crippen molar-refractivity contribution >= 4 is 5.97 Å². The molecule has 0 radical (unpaired) electrons. The van der Waals surface area contributed by atoms with Gasteiger partial charge in [-0.15, -0.1) is 0 Å². The Kier molecular flexibility index (Phi) is 3.10. The van der Waals surface area contributed by atoms with Crippen molar-refractivity contribution in [1.82, 2.24) is 0 Å². The molecule has 0 amide bonds. The fourth-order valence-electron chi connectivity index (χ4n) is 2.82. The standard InChI is InChI=1S/C15H18N2O2/c1-9-5-4-6-10(2)13(9)15(3)12(8-17)11(7-16)14(18)19-15/h4-8H,16-17H2,1-3H3/b11-7+,12-8+. The third kappa shape index (κ3) is 1.80. The maximum absolute atomic E-state index is 11.9. The van der Waals surface area contributed by atoms with Gasteiger partial charge in [-0.3, -0.25) is 0 Å². The number of rotatable bonds is 1. The second kappa shape index (κ2) is 4.46. The number of esters is 1. The Morgan fingerprint density at radius 1 is 1.16 bits per heavy atom. The van der Waals surface area contributed by atoms with Crippen molar-refractivity contribution in [2.75, 3.05) is 0 Å². The van der Waals surface area contributed by atoms with Crippen molar-refractivity contribution in [2.45, 2.75) is 26.4 Å². The van der Waals surface area contributed by atoms with Gasteiger partial charge in [0.25, 0.3) is 0 Å². The fraction of sp³-hybridized carbons (Fsp3) is 0.267. The predicted octanol–water partition coefficient (Wildman–Crippen LogP) is 1.76. The lowest BCUT2D eigenvalue weighted by atomic mass is 9.82. The summed E-state index contributed by atoms with van der Waals surface area (Å²) in [6, 6.07) is 5.94. The molecule has 0 aromatic heterocycles. The van der Waals surface area contributed by atoms with Gasteiger partial charge in [-0.25, -0.2) is 4.79 Å². The van der Waals surface area contributed by atoms with E-state index in [1.165, 1.54) is 12.4 Å². The summed E-state index contributed by atoms with van der Waals surface area (Å²) in [5, 5.41) is 0. The third-order valence-electron chi connectivity index (χ3n) is 3.61. The Hall–Kier alpha value is -2.23. The lowest BCUT2D eigenvalue weighted by molar-refractivity contribution is -0.144. The van der Waals surface area contributed by atoms with Gasteiger partial charge in [-0.2, -0.15) is 0 Å². The van der Waals surface area contributed by atoms with Crippen LogP contribution in [-0.4, -0.2) is 5.97 Å². The lowest BCUT2D eigenvalue weighted by Gasteiger charge is -2.28. The molecule has 1 aromatic rings. The third-order valence-corrected chi connectivity index (χ3v) is 3.61. The largest absolute Gasteiger partial charge is 0.446 e. The van der Waals surface area contributed by atoms with Crippen LogP contribution >= 0.6 is 0 Å². The topological polar surface area (TPSA) is 78.3 Å². The zero-order chi connectivity index (χ0) is 14.2. The van der Waals surface area contributed by atoms with E-state index in [1.54, 1.807) is 0 Å². The molecule has 1 aliphatic rings.